The third-order valence-electron chi connectivity index (χ3n) is 4.19. The van der Waals surface area contributed by atoms with Gasteiger partial charge in [0.15, 0.2) is 0 Å². The highest BCUT2D eigenvalue weighted by atomic mass is 16.2. The molecule has 7 nitrogen and oxygen atoms in total. The van der Waals surface area contributed by atoms with Crippen molar-refractivity contribution in [3.05, 3.63) is 65.7 Å². The predicted molar refractivity (Wildman–Crippen MR) is 114 cm³/mol. The molecular weight excluding hydrogens is 368 g/mol. The summed E-state index contributed by atoms with van der Waals surface area (Å²) in [6, 6.07) is 15.8. The van der Waals surface area contributed by atoms with Crippen molar-refractivity contribution in [2.45, 2.75) is 32.7 Å². The van der Waals surface area contributed by atoms with Gasteiger partial charge in [0, 0.05) is 24.3 Å². The van der Waals surface area contributed by atoms with Crippen molar-refractivity contribution in [1.29, 1.82) is 0 Å². The van der Waals surface area contributed by atoms with Crippen LogP contribution in [0.1, 0.15) is 42.1 Å². The molecule has 0 fully saturated rings. The Bertz CT molecular complexity index is 809. The summed E-state index contributed by atoms with van der Waals surface area (Å²) in [5.74, 6) is -0.592. The van der Waals surface area contributed by atoms with E-state index in [0.29, 0.717) is 24.3 Å². The number of unbranched alkanes of at least 4 members (excludes halogenated alkanes) is 2. The summed E-state index contributed by atoms with van der Waals surface area (Å²) in [4.78, 5) is 36.1. The Morgan fingerprint density at radius 2 is 1.66 bits per heavy atom. The Morgan fingerprint density at radius 1 is 0.862 bits per heavy atom. The molecule has 2 aromatic rings. The lowest BCUT2D eigenvalue weighted by Crippen LogP contribution is -2.37. The predicted octanol–water partition coefficient (Wildman–Crippen LogP) is 3.04. The molecule has 4 amide bonds. The summed E-state index contributed by atoms with van der Waals surface area (Å²) in [5, 5.41) is 10.8. The number of rotatable bonds is 10. The van der Waals surface area contributed by atoms with E-state index in [1.807, 2.05) is 30.3 Å². The van der Waals surface area contributed by atoms with Gasteiger partial charge in [0.25, 0.3) is 5.91 Å². The van der Waals surface area contributed by atoms with E-state index < -0.39 is 0 Å². The smallest absolute Gasteiger partial charge is 0.319 e. The average Bonchev–Trinajstić information content (AvgIpc) is 2.74. The lowest BCUT2D eigenvalue weighted by Gasteiger charge is -2.10. The van der Waals surface area contributed by atoms with Gasteiger partial charge < -0.3 is 21.3 Å². The van der Waals surface area contributed by atoms with Crippen molar-refractivity contribution in [2.75, 3.05) is 18.4 Å². The molecule has 0 aliphatic carbocycles. The van der Waals surface area contributed by atoms with E-state index in [1.165, 1.54) is 0 Å². The molecule has 0 heterocycles. The number of hydrogen-bond acceptors (Lipinski definition) is 3. The second-order valence-corrected chi connectivity index (χ2v) is 6.61. The van der Waals surface area contributed by atoms with Crippen LogP contribution in [-0.4, -0.2) is 30.9 Å². The molecule has 154 valence electrons. The van der Waals surface area contributed by atoms with Gasteiger partial charge in [-0.2, -0.15) is 0 Å². The average molecular weight is 396 g/mol. The molecule has 0 radical (unpaired) electrons. The van der Waals surface area contributed by atoms with Crippen LogP contribution in [0, 0.1) is 0 Å². The molecule has 0 aromatic heterocycles. The number of carbonyl (C=O) groups is 3. The highest BCUT2D eigenvalue weighted by Gasteiger charge is 2.09. The van der Waals surface area contributed by atoms with Gasteiger partial charge in [-0.15, -0.1) is 0 Å². The zero-order valence-corrected chi connectivity index (χ0v) is 16.7. The number of urea groups is 1. The summed E-state index contributed by atoms with van der Waals surface area (Å²) >= 11 is 0. The molecule has 0 atom stereocenters. The Balaban J connectivity index is 1.78. The van der Waals surface area contributed by atoms with Gasteiger partial charge in [0.2, 0.25) is 5.91 Å². The van der Waals surface area contributed by atoms with Gasteiger partial charge in [0.1, 0.15) is 0 Å². The topological polar surface area (TPSA) is 99.3 Å². The minimum atomic E-state index is -0.373. The van der Waals surface area contributed by atoms with Crippen LogP contribution in [0.25, 0.3) is 0 Å². The lowest BCUT2D eigenvalue weighted by atomic mass is 10.2. The fourth-order valence-electron chi connectivity index (χ4n) is 2.62. The molecule has 0 saturated heterocycles. The van der Waals surface area contributed by atoms with Crippen LogP contribution in [0.2, 0.25) is 0 Å². The van der Waals surface area contributed by atoms with Crippen LogP contribution in [-0.2, 0) is 11.3 Å². The van der Waals surface area contributed by atoms with E-state index in [2.05, 4.69) is 28.2 Å². The summed E-state index contributed by atoms with van der Waals surface area (Å²) in [5.41, 5.74) is 1.85. The number of amides is 4. The molecule has 0 unspecified atom stereocenters. The molecule has 2 rings (SSSR count). The van der Waals surface area contributed by atoms with Crippen LogP contribution in [0.5, 0.6) is 0 Å². The third-order valence-corrected chi connectivity index (χ3v) is 4.19. The van der Waals surface area contributed by atoms with Gasteiger partial charge in [0.05, 0.1) is 6.54 Å². The Labute approximate surface area is 171 Å². The van der Waals surface area contributed by atoms with Crippen LogP contribution in [0.4, 0.5) is 10.5 Å². The first-order valence-electron chi connectivity index (χ1n) is 9.82. The molecule has 2 aromatic carbocycles. The number of carbonyl (C=O) groups excluding carboxylic acids is 3. The van der Waals surface area contributed by atoms with E-state index in [1.54, 1.807) is 24.3 Å². The fraction of sp³-hybridized carbons (Fsp3) is 0.318. The first kappa shape index (κ1) is 21.9. The maximum absolute atomic E-state index is 12.3. The largest absolute Gasteiger partial charge is 0.355 e. The SMILES string of the molecule is CCCCCNC(=O)CNC(=O)c1cccc(NC(=O)NCc2ccccc2)c1. The van der Waals surface area contributed by atoms with Gasteiger partial charge in [-0.3, -0.25) is 9.59 Å². The third kappa shape index (κ3) is 8.47. The molecule has 0 saturated carbocycles. The lowest BCUT2D eigenvalue weighted by molar-refractivity contribution is -0.120. The molecule has 4 N–H and O–H groups in total. The molecule has 0 aliphatic rings. The summed E-state index contributed by atoms with van der Waals surface area (Å²) < 4.78 is 0. The summed E-state index contributed by atoms with van der Waals surface area (Å²) in [6.45, 7) is 3.03. The maximum atomic E-state index is 12.3. The van der Waals surface area contributed by atoms with Crippen molar-refractivity contribution in [3.63, 3.8) is 0 Å². The number of benzene rings is 2. The summed E-state index contributed by atoms with van der Waals surface area (Å²) in [6.07, 6.45) is 3.07. The molecule has 29 heavy (non-hydrogen) atoms. The van der Waals surface area contributed by atoms with Crippen molar-refractivity contribution in [3.8, 4) is 0 Å². The van der Waals surface area contributed by atoms with E-state index in [4.69, 9.17) is 0 Å². The van der Waals surface area contributed by atoms with E-state index in [-0.39, 0.29) is 24.4 Å². The standard InChI is InChI=1S/C22H28N4O3/c1-2-3-7-13-23-20(27)16-24-21(28)18-11-8-12-19(14-18)26-22(29)25-15-17-9-5-4-6-10-17/h4-6,8-12,14H,2-3,7,13,15-16H2,1H3,(H,23,27)(H,24,28)(H2,25,26,29). The minimum Gasteiger partial charge on any atom is -0.355 e. The Hall–Kier alpha value is -3.35. The van der Waals surface area contributed by atoms with Crippen LogP contribution in [0.15, 0.2) is 54.6 Å². The van der Waals surface area contributed by atoms with Gasteiger partial charge in [-0.1, -0.05) is 56.2 Å². The first-order valence-corrected chi connectivity index (χ1v) is 9.82. The number of anilines is 1. The quantitative estimate of drug-likeness (QED) is 0.465. The second kappa shape index (κ2) is 12.2. The monoisotopic (exact) mass is 396 g/mol. The van der Waals surface area contributed by atoms with Gasteiger partial charge in [-0.25, -0.2) is 4.79 Å². The highest BCUT2D eigenvalue weighted by molar-refractivity contribution is 5.98. The zero-order valence-electron chi connectivity index (χ0n) is 16.7. The van der Waals surface area contributed by atoms with Crippen LogP contribution in [0.3, 0.4) is 0 Å². The van der Waals surface area contributed by atoms with E-state index >= 15 is 0 Å². The molecule has 0 bridgehead atoms. The fourth-order valence-corrected chi connectivity index (χ4v) is 2.62. The van der Waals surface area contributed by atoms with Crippen molar-refractivity contribution in [1.82, 2.24) is 16.0 Å². The second-order valence-electron chi connectivity index (χ2n) is 6.61. The Kier molecular flexibility index (Phi) is 9.21. The molecule has 7 heteroatoms. The summed E-state index contributed by atoms with van der Waals surface area (Å²) in [7, 11) is 0. The van der Waals surface area contributed by atoms with Crippen LogP contribution >= 0.6 is 0 Å². The van der Waals surface area contributed by atoms with Crippen molar-refractivity contribution >= 4 is 23.5 Å². The van der Waals surface area contributed by atoms with Crippen molar-refractivity contribution < 1.29 is 14.4 Å². The Morgan fingerprint density at radius 3 is 2.41 bits per heavy atom. The zero-order chi connectivity index (χ0) is 20.9. The van der Waals surface area contributed by atoms with Gasteiger partial charge in [-0.05, 0) is 30.2 Å². The molecule has 0 spiro atoms. The minimum absolute atomic E-state index is 0.0832. The number of nitrogens with one attached hydrogen (secondary N) is 4. The van der Waals surface area contributed by atoms with Crippen molar-refractivity contribution in [2.24, 2.45) is 0 Å². The number of hydrogen-bond donors (Lipinski definition) is 4. The van der Waals surface area contributed by atoms with Crippen LogP contribution < -0.4 is 21.3 Å². The van der Waals surface area contributed by atoms with E-state index in [9.17, 15) is 14.4 Å². The molecular formula is C22H28N4O3. The molecule has 0 aliphatic heterocycles. The maximum Gasteiger partial charge on any atom is 0.319 e. The van der Waals surface area contributed by atoms with Gasteiger partial charge >= 0.3 is 6.03 Å². The first-order chi connectivity index (χ1) is 14.1. The normalized spacial score (nSPS) is 10.1. The highest BCUT2D eigenvalue weighted by Crippen LogP contribution is 2.10. The van der Waals surface area contributed by atoms with E-state index in [0.717, 1.165) is 24.8 Å².